The van der Waals surface area contributed by atoms with Gasteiger partial charge in [-0.05, 0) is 25.0 Å². The summed E-state index contributed by atoms with van der Waals surface area (Å²) in [4.78, 5) is 31.2. The van der Waals surface area contributed by atoms with Crippen LogP contribution in [-0.4, -0.2) is 53.4 Å². The van der Waals surface area contributed by atoms with Crippen LogP contribution < -0.4 is 34.9 Å². The fraction of sp³-hybridized carbons (Fsp3) is 0.533. The molecule has 0 bridgehead atoms. The molecule has 3 rings (SSSR count). The average Bonchev–Trinajstić information content (AvgIpc) is 2.93. The molecule has 0 aliphatic carbocycles. The van der Waals surface area contributed by atoms with Crippen molar-refractivity contribution < 1.29 is 61.0 Å². The minimum atomic E-state index is -4.88. The van der Waals surface area contributed by atoms with Crippen molar-refractivity contribution in [2.24, 2.45) is 5.92 Å². The van der Waals surface area contributed by atoms with Crippen LogP contribution in [0.3, 0.4) is 0 Å². The molecule has 142 valence electrons. The Morgan fingerprint density at radius 3 is 2.59 bits per heavy atom. The van der Waals surface area contributed by atoms with Gasteiger partial charge in [-0.1, -0.05) is 13.8 Å². The number of hydrogen-bond acceptors (Lipinski definition) is 8. The molecule has 2 amide bonds. The number of nitrogens with zero attached hydrogens (tertiary/aromatic N) is 2. The number of nitrogens with one attached hydrogen (secondary N) is 1. The molecule has 3 heterocycles. The van der Waals surface area contributed by atoms with Crippen LogP contribution in [0.15, 0.2) is 18.3 Å². The standard InChI is InChI=1S/C15H19N3O7S.Na/c1-9(2)14(3)13(20)17-15(24-7-8-25-26(21,22)23)11-10(5-4-6-16-11)12(19)18(14)15;/h4-6,9H,7-8H2,1-3H3,(H,17,20)(H,21,22,23);/q;+1/p-1. The SMILES string of the molecule is CC(C)C1(C)C(=O)NC2(OCCOS(=O)(=O)[O-])c3ncccc3C(=O)N21.[Na+]. The van der Waals surface area contributed by atoms with Crippen LogP contribution in [0.5, 0.6) is 0 Å². The third-order valence-corrected chi connectivity index (χ3v) is 5.29. The Bertz CT molecular complexity index is 878. The van der Waals surface area contributed by atoms with Gasteiger partial charge in [0.05, 0.1) is 18.8 Å². The first-order chi connectivity index (χ1) is 12.0. The van der Waals surface area contributed by atoms with Crippen molar-refractivity contribution in [3.63, 3.8) is 0 Å². The van der Waals surface area contributed by atoms with Gasteiger partial charge in [-0.15, -0.1) is 0 Å². The minimum absolute atomic E-state index is 0. The molecule has 2 aliphatic heterocycles. The van der Waals surface area contributed by atoms with Gasteiger partial charge in [-0.3, -0.25) is 23.7 Å². The van der Waals surface area contributed by atoms with E-state index in [1.165, 1.54) is 11.1 Å². The van der Waals surface area contributed by atoms with Gasteiger partial charge in [-0.25, -0.2) is 8.42 Å². The molecule has 1 aromatic heterocycles. The van der Waals surface area contributed by atoms with Crippen LogP contribution in [0.1, 0.15) is 36.8 Å². The fourth-order valence-corrected chi connectivity index (χ4v) is 3.54. The van der Waals surface area contributed by atoms with Gasteiger partial charge in [0.2, 0.25) is 16.3 Å². The summed E-state index contributed by atoms with van der Waals surface area (Å²) in [6, 6.07) is 3.16. The number of aromatic nitrogens is 1. The Hall–Kier alpha value is -1.08. The van der Waals surface area contributed by atoms with Crippen LogP contribution in [0, 0.1) is 5.92 Å². The Morgan fingerprint density at radius 2 is 2.00 bits per heavy atom. The fourth-order valence-electron chi connectivity index (χ4n) is 3.27. The first kappa shape index (κ1) is 22.2. The number of hydrogen-bond donors (Lipinski definition) is 1. The molecular formula is C15H18N3NaO7S. The summed E-state index contributed by atoms with van der Waals surface area (Å²) in [6.07, 6.45) is 1.45. The van der Waals surface area contributed by atoms with Gasteiger partial charge in [0.25, 0.3) is 11.8 Å². The summed E-state index contributed by atoms with van der Waals surface area (Å²) >= 11 is 0. The third kappa shape index (κ3) is 3.41. The summed E-state index contributed by atoms with van der Waals surface area (Å²) in [6.45, 7) is 4.29. The van der Waals surface area contributed by atoms with E-state index < -0.39 is 40.2 Å². The third-order valence-electron chi connectivity index (χ3n) is 4.83. The summed E-state index contributed by atoms with van der Waals surface area (Å²) < 4.78 is 41.5. The van der Waals surface area contributed by atoms with Crippen molar-refractivity contribution in [3.05, 3.63) is 29.6 Å². The van der Waals surface area contributed by atoms with Crippen molar-refractivity contribution in [1.29, 1.82) is 0 Å². The average molecular weight is 407 g/mol. The van der Waals surface area contributed by atoms with E-state index in [0.29, 0.717) is 0 Å². The maximum atomic E-state index is 13.0. The van der Waals surface area contributed by atoms with E-state index in [4.69, 9.17) is 4.74 Å². The number of rotatable bonds is 6. The zero-order valence-corrected chi connectivity index (χ0v) is 18.2. The molecule has 1 fully saturated rings. The van der Waals surface area contributed by atoms with Crippen molar-refractivity contribution in [3.8, 4) is 0 Å². The number of amides is 2. The molecule has 1 aromatic rings. The van der Waals surface area contributed by atoms with E-state index in [9.17, 15) is 22.6 Å². The van der Waals surface area contributed by atoms with E-state index >= 15 is 0 Å². The van der Waals surface area contributed by atoms with Gasteiger partial charge in [0.15, 0.2) is 0 Å². The van der Waals surface area contributed by atoms with Crippen molar-refractivity contribution in [2.75, 3.05) is 13.2 Å². The molecule has 12 heteroatoms. The number of carbonyl (C=O) groups excluding carboxylic acids is 2. The van der Waals surface area contributed by atoms with Gasteiger partial charge in [0.1, 0.15) is 11.2 Å². The van der Waals surface area contributed by atoms with Crippen LogP contribution >= 0.6 is 0 Å². The zero-order valence-electron chi connectivity index (χ0n) is 15.4. The molecule has 2 atom stereocenters. The number of ether oxygens (including phenoxy) is 1. The van der Waals surface area contributed by atoms with Gasteiger partial charge in [-0.2, -0.15) is 0 Å². The predicted octanol–water partition coefficient (Wildman–Crippen LogP) is -3.31. The Morgan fingerprint density at radius 1 is 1.33 bits per heavy atom. The molecule has 10 nitrogen and oxygen atoms in total. The van der Waals surface area contributed by atoms with Gasteiger partial charge in [0, 0.05) is 6.20 Å². The summed E-state index contributed by atoms with van der Waals surface area (Å²) in [5.41, 5.74) is -0.729. The molecule has 1 saturated heterocycles. The van der Waals surface area contributed by atoms with E-state index in [0.717, 1.165) is 0 Å². The predicted molar refractivity (Wildman–Crippen MR) is 85.1 cm³/mol. The molecule has 0 spiro atoms. The molecule has 2 aliphatic rings. The van der Waals surface area contributed by atoms with E-state index in [-0.39, 0.29) is 53.3 Å². The Labute approximate surface area is 178 Å². The Kier molecular flexibility index (Phi) is 6.08. The van der Waals surface area contributed by atoms with E-state index in [1.807, 2.05) is 0 Å². The first-order valence-corrected chi connectivity index (χ1v) is 9.24. The molecule has 1 N–H and O–H groups in total. The molecule has 27 heavy (non-hydrogen) atoms. The number of pyridine rings is 1. The summed E-state index contributed by atoms with van der Waals surface area (Å²) in [7, 11) is -4.88. The van der Waals surface area contributed by atoms with Crippen LogP contribution in [0.2, 0.25) is 0 Å². The van der Waals surface area contributed by atoms with Crippen LogP contribution in [0.25, 0.3) is 0 Å². The molecule has 2 unspecified atom stereocenters. The second-order valence-corrected chi connectivity index (χ2v) is 7.57. The van der Waals surface area contributed by atoms with Gasteiger partial charge >= 0.3 is 29.6 Å². The molecule has 0 saturated carbocycles. The molecule has 0 radical (unpaired) electrons. The largest absolute Gasteiger partial charge is 1.00 e. The quantitative estimate of drug-likeness (QED) is 0.224. The monoisotopic (exact) mass is 407 g/mol. The maximum Gasteiger partial charge on any atom is 1.00 e. The Balaban J connectivity index is 0.00000261. The second kappa shape index (κ2) is 7.39. The van der Waals surface area contributed by atoms with Crippen molar-refractivity contribution in [2.45, 2.75) is 32.2 Å². The van der Waals surface area contributed by atoms with E-state index in [2.05, 4.69) is 14.5 Å². The van der Waals surface area contributed by atoms with Crippen molar-refractivity contribution in [1.82, 2.24) is 15.2 Å². The second-order valence-electron chi connectivity index (χ2n) is 6.52. The van der Waals surface area contributed by atoms with Crippen molar-refractivity contribution >= 4 is 22.2 Å². The normalized spacial score (nSPS) is 26.6. The zero-order chi connectivity index (χ0) is 19.3. The number of carbonyl (C=O) groups is 2. The van der Waals surface area contributed by atoms with Crippen LogP contribution in [-0.2, 0) is 30.0 Å². The summed E-state index contributed by atoms with van der Waals surface area (Å²) in [5, 5.41) is 2.68. The minimum Gasteiger partial charge on any atom is -0.726 e. The molecule has 0 aromatic carbocycles. The van der Waals surface area contributed by atoms with E-state index in [1.54, 1.807) is 32.9 Å². The topological polar surface area (TPSA) is 138 Å². The maximum absolute atomic E-state index is 13.0. The number of fused-ring (bicyclic) bond motifs is 3. The first-order valence-electron chi connectivity index (χ1n) is 7.91. The summed E-state index contributed by atoms with van der Waals surface area (Å²) in [5.74, 6) is -2.78. The molecular weight excluding hydrogens is 389 g/mol. The van der Waals surface area contributed by atoms with Gasteiger partial charge < -0.3 is 14.6 Å². The van der Waals surface area contributed by atoms with Crippen LogP contribution in [0.4, 0.5) is 0 Å². The smallest absolute Gasteiger partial charge is 0.726 e.